The molecule has 0 spiro atoms. The van der Waals surface area contributed by atoms with Gasteiger partial charge in [-0.2, -0.15) is 0 Å². The highest BCUT2D eigenvalue weighted by molar-refractivity contribution is 6.05. The molecule has 5 aliphatic rings. The number of furan rings is 1. The Bertz CT molecular complexity index is 3590. The van der Waals surface area contributed by atoms with E-state index in [1.807, 2.05) is 13.0 Å². The lowest BCUT2D eigenvalue weighted by Crippen LogP contribution is -2.19. The van der Waals surface area contributed by atoms with Gasteiger partial charge in [0, 0.05) is 22.3 Å². The molecule has 5 aliphatic carbocycles. The molecule has 7 aromatic carbocycles. The summed E-state index contributed by atoms with van der Waals surface area (Å²) in [5, 5.41) is 1.23. The first-order valence-corrected chi connectivity index (χ1v) is 35.7. The molecule has 0 N–H and O–H groups in total. The molecule has 1 heterocycles. The fourth-order valence-corrected chi connectivity index (χ4v) is 12.3. The van der Waals surface area contributed by atoms with Gasteiger partial charge in [0.1, 0.15) is 17.5 Å². The maximum absolute atomic E-state index is 13.9. The van der Waals surface area contributed by atoms with E-state index in [2.05, 4.69) is 99.6 Å². The second-order valence-corrected chi connectivity index (χ2v) is 29.7. The maximum atomic E-state index is 13.9. The Morgan fingerprint density at radius 2 is 0.707 bits per heavy atom. The van der Waals surface area contributed by atoms with Crippen LogP contribution in [0.5, 0.6) is 0 Å². The van der Waals surface area contributed by atoms with Gasteiger partial charge < -0.3 is 4.42 Å². The number of hydrogen-bond donors (Lipinski definition) is 0. The van der Waals surface area contributed by atoms with E-state index in [0.717, 1.165) is 47.0 Å². The van der Waals surface area contributed by atoms with Crippen LogP contribution in [-0.4, -0.2) is 0 Å². The van der Waals surface area contributed by atoms with Crippen molar-refractivity contribution in [1.82, 2.24) is 0 Å². The van der Waals surface area contributed by atoms with E-state index < -0.39 is 46.7 Å². The lowest BCUT2D eigenvalue weighted by Gasteiger charge is -2.22. The molecule has 8 aromatic rings. The van der Waals surface area contributed by atoms with Crippen LogP contribution in [0.25, 0.3) is 33.1 Å². The zero-order valence-corrected chi connectivity index (χ0v) is 61.7. The Morgan fingerprint density at radius 1 is 0.354 bits per heavy atom. The largest absolute Gasteiger partial charge is 0.450 e. The number of rotatable bonds is 1. The van der Waals surface area contributed by atoms with Crippen molar-refractivity contribution in [2.75, 3.05) is 0 Å². The van der Waals surface area contributed by atoms with Crippen LogP contribution < -0.4 is 0 Å². The first-order chi connectivity index (χ1) is 45.7. The molecular weight excluding hydrogens is 1260 g/mol. The number of allylic oxidation sites excluding steroid dienone is 2. The Hall–Kier alpha value is -6.55. The molecule has 3 fully saturated rings. The summed E-state index contributed by atoms with van der Waals surface area (Å²) in [7, 11) is 0. The van der Waals surface area contributed by atoms with Crippen LogP contribution in [0.3, 0.4) is 0 Å². The normalized spacial score (nSPS) is 20.8. The van der Waals surface area contributed by atoms with Crippen LogP contribution in [0, 0.1) is 150 Å². The maximum Gasteiger partial charge on any atom is 0.279 e. The topological polar surface area (TPSA) is 13.1 Å². The molecular formula is C89H121F9O. The zero-order chi connectivity index (χ0) is 72.0. The molecule has 13 rings (SSSR count). The van der Waals surface area contributed by atoms with Crippen molar-refractivity contribution >= 4 is 21.9 Å². The summed E-state index contributed by atoms with van der Waals surface area (Å²) in [5.74, 6) is -0.691. The van der Waals surface area contributed by atoms with Crippen LogP contribution >= 0.6 is 0 Å². The van der Waals surface area contributed by atoms with Gasteiger partial charge in [0.2, 0.25) is 0 Å². The highest BCUT2D eigenvalue weighted by atomic mass is 19.3. The summed E-state index contributed by atoms with van der Waals surface area (Å²) in [4.78, 5) is 0. The Labute approximate surface area is 592 Å². The van der Waals surface area contributed by atoms with E-state index in [1.54, 1.807) is 87.9 Å². The highest BCUT2D eigenvalue weighted by Crippen LogP contribution is 2.47. The minimum absolute atomic E-state index is 0. The molecule has 0 aliphatic heterocycles. The third-order valence-electron chi connectivity index (χ3n) is 20.1. The van der Waals surface area contributed by atoms with Crippen molar-refractivity contribution in [3.63, 3.8) is 0 Å². The summed E-state index contributed by atoms with van der Waals surface area (Å²) >= 11 is 0. The number of halogens is 9. The molecule has 1 aromatic heterocycles. The van der Waals surface area contributed by atoms with Crippen molar-refractivity contribution in [2.24, 2.45) is 47.3 Å². The first kappa shape index (κ1) is 86.7. The highest BCUT2D eigenvalue weighted by Gasteiger charge is 2.48. The molecule has 2 unspecified atom stereocenters. The smallest absolute Gasteiger partial charge is 0.279 e. The number of fused-ring (bicyclic) bond motifs is 4. The fraction of sp³-hybridized carbons (Fsp3) is 0.506. The lowest BCUT2D eigenvalue weighted by atomic mass is 9.84. The number of benzene rings is 7. The van der Waals surface area contributed by atoms with E-state index in [4.69, 9.17) is 4.42 Å². The average molecular weight is 1380 g/mol. The zero-order valence-electron chi connectivity index (χ0n) is 61.7. The van der Waals surface area contributed by atoms with E-state index >= 15 is 0 Å². The third-order valence-corrected chi connectivity index (χ3v) is 20.1. The summed E-state index contributed by atoms with van der Waals surface area (Å²) in [6, 6.07) is 31.0. The van der Waals surface area contributed by atoms with Crippen LogP contribution in [0.4, 0.5) is 39.5 Å². The summed E-state index contributed by atoms with van der Waals surface area (Å²) in [6.07, 6.45) is 24.4. The first-order valence-electron chi connectivity index (χ1n) is 35.7. The molecule has 1 nitrogen and oxygen atoms in total. The standard InChI is InChI=1S/C14H11F3.C14H10F2O.C11H11F3.C8H9F.3C8H16.C8H14.C8H10.2CH4/c1-8-3-5-10(7-12(8)15)11-6-4-9(2)13(16)14(11)17;1-7-3-5-9-10-6-4-8(2)12(16)14(10)17-13(9)11(7)15;1-6-3-4-8-5-7(2)11(13,14)9(8)10(6)12;1-6-3-4-7(2)8(9)5-6;5*1-7-3-5-8(2)6-4-7;;/h3-7H,1-2H3;3-6H,1-2H3;3-4,7H,5H2,1-2H3;3-5H,1-2H3;3*7-8H,3-6H2,1-2H3;3,8H,4-6H2,1-2H3;3-6H,1-2H3;2*1H4. The minimum atomic E-state index is -3.01. The molecule has 2 atom stereocenters. The Balaban J connectivity index is 0.000000295. The summed E-state index contributed by atoms with van der Waals surface area (Å²) in [5.41, 5.74) is 8.65. The van der Waals surface area contributed by atoms with Gasteiger partial charge in [-0.1, -0.05) is 267 Å². The third kappa shape index (κ3) is 26.7. The van der Waals surface area contributed by atoms with Crippen molar-refractivity contribution in [2.45, 2.75) is 248 Å². The molecule has 546 valence electrons. The van der Waals surface area contributed by atoms with E-state index in [1.165, 1.54) is 152 Å². The van der Waals surface area contributed by atoms with Crippen LogP contribution in [0.2, 0.25) is 0 Å². The van der Waals surface area contributed by atoms with E-state index in [0.29, 0.717) is 44.2 Å². The quantitative estimate of drug-likeness (QED) is 0.118. The van der Waals surface area contributed by atoms with Crippen molar-refractivity contribution in [3.05, 3.63) is 223 Å². The Kier molecular flexibility index (Phi) is 36.2. The average Bonchev–Trinajstić information content (AvgIpc) is 1.63. The fourth-order valence-electron chi connectivity index (χ4n) is 12.3. The van der Waals surface area contributed by atoms with Gasteiger partial charge in [-0.25, -0.2) is 39.5 Å². The molecule has 0 bridgehead atoms. The minimum Gasteiger partial charge on any atom is -0.450 e. The van der Waals surface area contributed by atoms with Crippen molar-refractivity contribution in [3.8, 4) is 11.1 Å². The van der Waals surface area contributed by atoms with Crippen LogP contribution in [0.1, 0.15) is 235 Å². The molecule has 99 heavy (non-hydrogen) atoms. The number of aryl methyl sites for hydroxylation is 9. The van der Waals surface area contributed by atoms with Gasteiger partial charge in [0.05, 0.1) is 5.56 Å². The molecule has 3 saturated carbocycles. The lowest BCUT2D eigenvalue weighted by molar-refractivity contribution is -0.0478. The number of hydrogen-bond acceptors (Lipinski definition) is 1. The van der Waals surface area contributed by atoms with Crippen molar-refractivity contribution < 1.29 is 43.9 Å². The predicted octanol–water partition coefficient (Wildman–Crippen LogP) is 29.6. The van der Waals surface area contributed by atoms with Gasteiger partial charge >= 0.3 is 0 Å². The SMILES string of the molecule is C.C.CC1=CCC(C)CC1.CC1CCC(C)CC1.CC1CCC(C)CC1.CC1CCC(C)CC1.Cc1ccc(-c2ccc(C)c(F)c2F)cc1F.Cc1ccc(C)c(F)c1.Cc1ccc(C)cc1.Cc1ccc2c(c1F)C(F)(F)C(C)C2.Cc1ccc2c(oc3c(F)c(C)ccc32)c1F. The summed E-state index contributed by atoms with van der Waals surface area (Å²) in [6.45, 7) is 36.0. The van der Waals surface area contributed by atoms with Crippen LogP contribution in [-0.2, 0) is 12.3 Å². The molecule has 0 saturated heterocycles. The van der Waals surface area contributed by atoms with Gasteiger partial charge in [-0.3, -0.25) is 0 Å². The second kappa shape index (κ2) is 41.4. The van der Waals surface area contributed by atoms with Gasteiger partial charge in [0.25, 0.3) is 5.92 Å². The van der Waals surface area contributed by atoms with Gasteiger partial charge in [-0.05, 0) is 199 Å². The molecule has 0 radical (unpaired) electrons. The van der Waals surface area contributed by atoms with E-state index in [-0.39, 0.29) is 60.5 Å². The van der Waals surface area contributed by atoms with Gasteiger partial charge in [0.15, 0.2) is 34.4 Å². The molecule has 10 heteroatoms. The second-order valence-electron chi connectivity index (χ2n) is 29.7. The van der Waals surface area contributed by atoms with Gasteiger partial charge in [-0.15, -0.1) is 0 Å². The van der Waals surface area contributed by atoms with E-state index in [9.17, 15) is 39.5 Å². The Morgan fingerprint density at radius 3 is 1.08 bits per heavy atom. The van der Waals surface area contributed by atoms with Crippen LogP contribution in [0.15, 0.2) is 125 Å². The predicted molar refractivity (Wildman–Crippen MR) is 405 cm³/mol. The monoisotopic (exact) mass is 1380 g/mol. The number of alkyl halides is 2. The molecule has 0 amide bonds. The summed E-state index contributed by atoms with van der Waals surface area (Å²) < 4.78 is 127. The van der Waals surface area contributed by atoms with Crippen molar-refractivity contribution in [1.29, 1.82) is 0 Å².